The molecular weight excluding hydrogens is 361 g/mol. The van der Waals surface area contributed by atoms with Crippen LogP contribution in [0.4, 0.5) is 13.2 Å². The molecule has 3 rings (SSSR count). The van der Waals surface area contributed by atoms with Crippen molar-refractivity contribution in [1.82, 2.24) is 4.90 Å². The summed E-state index contributed by atoms with van der Waals surface area (Å²) in [5.74, 6) is 0.0843. The number of likely N-dealkylation sites (tertiary alicyclic amines) is 1. The van der Waals surface area contributed by atoms with E-state index in [1.165, 1.54) is 12.1 Å². The molecule has 1 heterocycles. The minimum absolute atomic E-state index is 0.0508. The first kappa shape index (κ1) is 19.9. The van der Waals surface area contributed by atoms with Crippen LogP contribution in [0.5, 0.6) is 5.75 Å². The normalized spacial score (nSPS) is 27.4. The highest BCUT2D eigenvalue weighted by atomic mass is 19.4. The predicted octanol–water partition coefficient (Wildman–Crippen LogP) is 2.56. The number of amides is 1. The van der Waals surface area contributed by atoms with Crippen LogP contribution in [0.2, 0.25) is 0 Å². The number of carbonyl (C=O) groups excluding carboxylic acids is 1. The van der Waals surface area contributed by atoms with Crippen molar-refractivity contribution in [3.8, 4) is 5.75 Å². The maximum atomic E-state index is 12.8. The standard InChI is InChI=1S/C19H25F3N2O3/c20-19(21,22)13-2-1-3-15(11-13)27-14-6-8-24(9-7-14)18(26)12-4-5-17(25)16(23)10-12/h1-3,11-12,14,16-17,25H,4-10,23H2/t12-,16+,17+/m0/s1. The molecule has 3 atom stereocenters. The smallest absolute Gasteiger partial charge is 0.416 e. The summed E-state index contributed by atoms with van der Waals surface area (Å²) in [6.45, 7) is 1.02. The number of aliphatic hydroxyl groups is 1. The number of hydrogen-bond acceptors (Lipinski definition) is 4. The van der Waals surface area contributed by atoms with Crippen molar-refractivity contribution in [3.63, 3.8) is 0 Å². The van der Waals surface area contributed by atoms with Gasteiger partial charge in [-0.15, -0.1) is 0 Å². The van der Waals surface area contributed by atoms with Crippen molar-refractivity contribution in [2.45, 2.75) is 56.5 Å². The Hall–Kier alpha value is -1.80. The van der Waals surface area contributed by atoms with E-state index in [1.807, 2.05) is 0 Å². The fraction of sp³-hybridized carbons (Fsp3) is 0.632. The summed E-state index contributed by atoms with van der Waals surface area (Å²) in [7, 11) is 0. The summed E-state index contributed by atoms with van der Waals surface area (Å²) in [6.07, 6.45) is -2.36. The Labute approximate surface area is 156 Å². The molecule has 2 aliphatic rings. The Balaban J connectivity index is 1.51. The Morgan fingerprint density at radius 3 is 2.52 bits per heavy atom. The van der Waals surface area contributed by atoms with Crippen molar-refractivity contribution in [2.24, 2.45) is 11.7 Å². The van der Waals surface area contributed by atoms with E-state index in [2.05, 4.69) is 0 Å². The molecule has 27 heavy (non-hydrogen) atoms. The average Bonchev–Trinajstić information content (AvgIpc) is 2.63. The van der Waals surface area contributed by atoms with Gasteiger partial charge >= 0.3 is 6.18 Å². The second-order valence-electron chi connectivity index (χ2n) is 7.41. The molecule has 0 spiro atoms. The summed E-state index contributed by atoms with van der Waals surface area (Å²) in [5.41, 5.74) is 5.13. The van der Waals surface area contributed by atoms with Crippen LogP contribution in [-0.4, -0.2) is 47.3 Å². The number of halogens is 3. The molecule has 0 bridgehead atoms. The highest BCUT2D eigenvalue weighted by molar-refractivity contribution is 5.79. The molecule has 0 radical (unpaired) electrons. The van der Waals surface area contributed by atoms with Crippen LogP contribution in [0.1, 0.15) is 37.7 Å². The zero-order chi connectivity index (χ0) is 19.6. The molecule has 1 saturated carbocycles. The quantitative estimate of drug-likeness (QED) is 0.837. The van der Waals surface area contributed by atoms with E-state index in [4.69, 9.17) is 10.5 Å². The lowest BCUT2D eigenvalue weighted by atomic mass is 9.83. The zero-order valence-corrected chi connectivity index (χ0v) is 15.0. The lowest BCUT2D eigenvalue weighted by molar-refractivity contribution is -0.140. The van der Waals surface area contributed by atoms with Crippen molar-refractivity contribution in [3.05, 3.63) is 29.8 Å². The topological polar surface area (TPSA) is 75.8 Å². The first-order valence-electron chi connectivity index (χ1n) is 9.30. The number of rotatable bonds is 3. The zero-order valence-electron chi connectivity index (χ0n) is 15.0. The summed E-state index contributed by atoms with van der Waals surface area (Å²) in [4.78, 5) is 14.4. The average molecular weight is 386 g/mol. The number of ether oxygens (including phenoxy) is 1. The highest BCUT2D eigenvalue weighted by Gasteiger charge is 2.35. The molecule has 150 valence electrons. The summed E-state index contributed by atoms with van der Waals surface area (Å²) in [6, 6.07) is 4.50. The molecule has 2 fully saturated rings. The molecule has 1 aliphatic heterocycles. The Morgan fingerprint density at radius 2 is 1.89 bits per heavy atom. The fourth-order valence-corrected chi connectivity index (χ4v) is 3.80. The van der Waals surface area contributed by atoms with E-state index in [-0.39, 0.29) is 29.7 Å². The van der Waals surface area contributed by atoms with Crippen LogP contribution >= 0.6 is 0 Å². The van der Waals surface area contributed by atoms with Crippen LogP contribution < -0.4 is 10.5 Å². The molecule has 0 unspecified atom stereocenters. The van der Waals surface area contributed by atoms with Gasteiger partial charge in [0.2, 0.25) is 5.91 Å². The van der Waals surface area contributed by atoms with Gasteiger partial charge in [-0.05, 0) is 37.5 Å². The molecular formula is C19H25F3N2O3. The maximum absolute atomic E-state index is 12.8. The number of alkyl halides is 3. The van der Waals surface area contributed by atoms with Gasteiger partial charge < -0.3 is 20.5 Å². The van der Waals surface area contributed by atoms with Crippen molar-refractivity contribution >= 4 is 5.91 Å². The predicted molar refractivity (Wildman–Crippen MR) is 93.0 cm³/mol. The lowest BCUT2D eigenvalue weighted by Gasteiger charge is -2.37. The molecule has 1 aromatic carbocycles. The SMILES string of the molecule is N[C@@H]1C[C@@H](C(=O)N2CCC(Oc3cccc(C(F)(F)F)c3)CC2)CC[C@H]1O. The summed E-state index contributed by atoms with van der Waals surface area (Å²) in [5, 5.41) is 9.70. The Morgan fingerprint density at radius 1 is 1.19 bits per heavy atom. The Bertz CT molecular complexity index is 660. The van der Waals surface area contributed by atoms with E-state index in [1.54, 1.807) is 4.90 Å². The summed E-state index contributed by atoms with van der Waals surface area (Å²) >= 11 is 0. The van der Waals surface area contributed by atoms with E-state index >= 15 is 0 Å². The number of nitrogens with two attached hydrogens (primary N) is 1. The Kier molecular flexibility index (Phi) is 5.95. The van der Waals surface area contributed by atoms with Crippen LogP contribution in [0.3, 0.4) is 0 Å². The van der Waals surface area contributed by atoms with E-state index in [0.29, 0.717) is 45.2 Å². The van der Waals surface area contributed by atoms with E-state index in [9.17, 15) is 23.1 Å². The van der Waals surface area contributed by atoms with Gasteiger partial charge in [-0.2, -0.15) is 13.2 Å². The van der Waals surface area contributed by atoms with Crippen molar-refractivity contribution < 1.29 is 27.8 Å². The third kappa shape index (κ3) is 4.93. The van der Waals surface area contributed by atoms with Gasteiger partial charge in [0.15, 0.2) is 0 Å². The van der Waals surface area contributed by atoms with Crippen LogP contribution in [0.15, 0.2) is 24.3 Å². The van der Waals surface area contributed by atoms with Gasteiger partial charge in [-0.25, -0.2) is 0 Å². The molecule has 8 heteroatoms. The van der Waals surface area contributed by atoms with E-state index < -0.39 is 17.8 Å². The highest BCUT2D eigenvalue weighted by Crippen LogP contribution is 2.32. The van der Waals surface area contributed by atoms with Crippen LogP contribution in [-0.2, 0) is 11.0 Å². The molecule has 1 aromatic rings. The number of hydrogen-bond donors (Lipinski definition) is 2. The minimum atomic E-state index is -4.40. The van der Waals surface area contributed by atoms with Crippen LogP contribution in [0, 0.1) is 5.92 Å². The minimum Gasteiger partial charge on any atom is -0.490 e. The monoisotopic (exact) mass is 386 g/mol. The van der Waals surface area contributed by atoms with Gasteiger partial charge in [0.1, 0.15) is 11.9 Å². The van der Waals surface area contributed by atoms with Crippen molar-refractivity contribution in [1.29, 1.82) is 0 Å². The number of piperidine rings is 1. The molecule has 1 amide bonds. The second-order valence-corrected chi connectivity index (χ2v) is 7.41. The van der Waals surface area contributed by atoms with Gasteiger partial charge in [-0.3, -0.25) is 4.79 Å². The number of carbonyl (C=O) groups is 1. The lowest BCUT2D eigenvalue weighted by Crippen LogP contribution is -2.48. The number of nitrogens with zero attached hydrogens (tertiary/aromatic N) is 1. The maximum Gasteiger partial charge on any atom is 0.416 e. The second kappa shape index (κ2) is 8.06. The first-order valence-corrected chi connectivity index (χ1v) is 9.30. The molecule has 1 aliphatic carbocycles. The number of benzene rings is 1. The first-order chi connectivity index (χ1) is 12.7. The van der Waals surface area contributed by atoms with Gasteiger partial charge in [0.25, 0.3) is 0 Å². The van der Waals surface area contributed by atoms with Crippen LogP contribution in [0.25, 0.3) is 0 Å². The molecule has 5 nitrogen and oxygen atoms in total. The third-order valence-corrected chi connectivity index (χ3v) is 5.43. The van der Waals surface area contributed by atoms with Crippen molar-refractivity contribution in [2.75, 3.05) is 13.1 Å². The molecule has 3 N–H and O–H groups in total. The molecule has 1 saturated heterocycles. The van der Waals surface area contributed by atoms with Gasteiger partial charge in [0, 0.05) is 37.9 Å². The fourth-order valence-electron chi connectivity index (χ4n) is 3.80. The van der Waals surface area contributed by atoms with E-state index in [0.717, 1.165) is 12.1 Å². The summed E-state index contributed by atoms with van der Waals surface area (Å²) < 4.78 is 44.1. The largest absolute Gasteiger partial charge is 0.490 e. The number of aliphatic hydroxyl groups excluding tert-OH is 1. The van der Waals surface area contributed by atoms with Gasteiger partial charge in [0.05, 0.1) is 11.7 Å². The molecule has 0 aromatic heterocycles. The van der Waals surface area contributed by atoms with Gasteiger partial charge in [-0.1, -0.05) is 6.07 Å². The third-order valence-electron chi connectivity index (χ3n) is 5.43.